The van der Waals surface area contributed by atoms with Crippen molar-refractivity contribution in [3.63, 3.8) is 0 Å². The monoisotopic (exact) mass is 127 g/mol. The summed E-state index contributed by atoms with van der Waals surface area (Å²) < 4.78 is 0. The van der Waals surface area contributed by atoms with Crippen LogP contribution in [-0.2, 0) is 0 Å². The zero-order valence-electron chi connectivity index (χ0n) is 6.94. The Labute approximate surface area is 58.4 Å². The third-order valence-corrected chi connectivity index (χ3v) is 1.53. The maximum absolute atomic E-state index is 3.85. The van der Waals surface area contributed by atoms with Gasteiger partial charge in [0.2, 0.25) is 0 Å². The van der Waals surface area contributed by atoms with Gasteiger partial charge in [0.1, 0.15) is 0 Å². The fraction of sp³-hybridized carbons (Fsp3) is 0.750. The molecule has 0 spiro atoms. The fourth-order valence-corrected chi connectivity index (χ4v) is 0.687. The molecule has 0 amide bonds. The molecule has 0 saturated heterocycles. The van der Waals surface area contributed by atoms with Crippen LogP contribution in [0, 0.1) is 0 Å². The van der Waals surface area contributed by atoms with E-state index >= 15 is 0 Å². The summed E-state index contributed by atoms with van der Waals surface area (Å²) in [6, 6.07) is 0.627. The molecule has 0 rings (SSSR count). The van der Waals surface area contributed by atoms with Gasteiger partial charge in [-0.05, 0) is 34.4 Å². The van der Waals surface area contributed by atoms with Crippen molar-refractivity contribution in [2.24, 2.45) is 0 Å². The second kappa shape index (κ2) is 3.67. The molecule has 0 fully saturated rings. The van der Waals surface area contributed by atoms with Crippen molar-refractivity contribution >= 4 is 0 Å². The van der Waals surface area contributed by atoms with Crippen molar-refractivity contribution in [3.8, 4) is 0 Å². The van der Waals surface area contributed by atoms with Crippen molar-refractivity contribution < 1.29 is 0 Å². The molecule has 0 aromatic rings. The highest BCUT2D eigenvalue weighted by molar-refractivity contribution is 4.91. The van der Waals surface area contributed by atoms with Gasteiger partial charge in [0.25, 0.3) is 0 Å². The van der Waals surface area contributed by atoms with Gasteiger partial charge in [-0.15, -0.1) is 6.58 Å². The topological polar surface area (TPSA) is 3.24 Å². The lowest BCUT2D eigenvalue weighted by atomic mass is 10.1. The summed E-state index contributed by atoms with van der Waals surface area (Å²) in [5.41, 5.74) is 1.26. The molecule has 0 radical (unpaired) electrons. The van der Waals surface area contributed by atoms with Gasteiger partial charge in [0.05, 0.1) is 0 Å². The molecule has 0 unspecified atom stereocenters. The summed E-state index contributed by atoms with van der Waals surface area (Å²) >= 11 is 0. The Balaban J connectivity index is 3.50. The molecular weight excluding hydrogens is 110 g/mol. The van der Waals surface area contributed by atoms with E-state index in [1.165, 1.54) is 5.57 Å². The maximum atomic E-state index is 3.85. The lowest BCUT2D eigenvalue weighted by Crippen LogP contribution is -2.24. The summed E-state index contributed by atoms with van der Waals surface area (Å²) in [4.78, 5) is 2.20. The third kappa shape index (κ3) is 4.22. The molecule has 9 heavy (non-hydrogen) atoms. The standard InChI is InChI=1S/C8H17N/c1-7(2)6-8(3)9(4)5/h8H,1,6H2,2-5H3/t8-/m0/s1. The summed E-state index contributed by atoms with van der Waals surface area (Å²) in [7, 11) is 4.18. The average Bonchev–Trinajstić information content (AvgIpc) is 1.63. The Bertz CT molecular complexity index is 94.7. The van der Waals surface area contributed by atoms with E-state index in [1.54, 1.807) is 0 Å². The highest BCUT2D eigenvalue weighted by Gasteiger charge is 2.02. The van der Waals surface area contributed by atoms with E-state index in [1.807, 2.05) is 0 Å². The molecule has 1 atom stereocenters. The van der Waals surface area contributed by atoms with E-state index in [2.05, 4.69) is 39.4 Å². The quantitative estimate of drug-likeness (QED) is 0.523. The van der Waals surface area contributed by atoms with Crippen LogP contribution in [0.3, 0.4) is 0 Å². The van der Waals surface area contributed by atoms with Gasteiger partial charge in [0, 0.05) is 6.04 Å². The maximum Gasteiger partial charge on any atom is 0.00978 e. The Morgan fingerprint density at radius 3 is 2.11 bits per heavy atom. The van der Waals surface area contributed by atoms with Gasteiger partial charge < -0.3 is 4.90 Å². The normalized spacial score (nSPS) is 13.9. The first-order valence-electron chi connectivity index (χ1n) is 3.35. The lowest BCUT2D eigenvalue weighted by Gasteiger charge is -2.19. The minimum atomic E-state index is 0.627. The second-order valence-electron chi connectivity index (χ2n) is 2.97. The van der Waals surface area contributed by atoms with Crippen LogP contribution in [0.15, 0.2) is 12.2 Å². The van der Waals surface area contributed by atoms with Crippen LogP contribution in [0.1, 0.15) is 20.3 Å². The smallest absolute Gasteiger partial charge is 0.00978 e. The first-order valence-corrected chi connectivity index (χ1v) is 3.35. The Kier molecular flexibility index (Phi) is 3.55. The van der Waals surface area contributed by atoms with Gasteiger partial charge >= 0.3 is 0 Å². The van der Waals surface area contributed by atoms with E-state index in [0.717, 1.165) is 6.42 Å². The molecule has 1 nitrogen and oxygen atoms in total. The van der Waals surface area contributed by atoms with E-state index in [9.17, 15) is 0 Å². The molecule has 0 heterocycles. The molecule has 0 aliphatic heterocycles. The largest absolute Gasteiger partial charge is 0.306 e. The molecule has 0 aliphatic carbocycles. The summed E-state index contributed by atoms with van der Waals surface area (Å²) in [6.45, 7) is 8.12. The number of rotatable bonds is 3. The molecule has 0 bridgehead atoms. The number of hydrogen-bond acceptors (Lipinski definition) is 1. The minimum Gasteiger partial charge on any atom is -0.306 e. The highest BCUT2D eigenvalue weighted by atomic mass is 15.1. The highest BCUT2D eigenvalue weighted by Crippen LogP contribution is 2.04. The van der Waals surface area contributed by atoms with Crippen LogP contribution in [-0.4, -0.2) is 25.0 Å². The predicted molar refractivity (Wildman–Crippen MR) is 42.6 cm³/mol. The Morgan fingerprint density at radius 2 is 2.00 bits per heavy atom. The van der Waals surface area contributed by atoms with Crippen molar-refractivity contribution in [3.05, 3.63) is 12.2 Å². The van der Waals surface area contributed by atoms with Gasteiger partial charge in [-0.25, -0.2) is 0 Å². The van der Waals surface area contributed by atoms with Gasteiger partial charge in [0.15, 0.2) is 0 Å². The molecule has 0 aromatic heterocycles. The van der Waals surface area contributed by atoms with Gasteiger partial charge in [-0.3, -0.25) is 0 Å². The average molecular weight is 127 g/mol. The molecule has 54 valence electrons. The zero-order chi connectivity index (χ0) is 7.44. The molecule has 1 heteroatoms. The molecule has 0 aromatic carbocycles. The minimum absolute atomic E-state index is 0.627. The van der Waals surface area contributed by atoms with E-state index in [0.29, 0.717) is 6.04 Å². The summed E-state index contributed by atoms with van der Waals surface area (Å²) in [6.07, 6.45) is 1.10. The summed E-state index contributed by atoms with van der Waals surface area (Å²) in [5, 5.41) is 0. The number of nitrogens with zero attached hydrogens (tertiary/aromatic N) is 1. The van der Waals surface area contributed by atoms with Crippen LogP contribution in [0.25, 0.3) is 0 Å². The van der Waals surface area contributed by atoms with E-state index in [4.69, 9.17) is 0 Å². The van der Waals surface area contributed by atoms with Gasteiger partial charge in [-0.2, -0.15) is 0 Å². The van der Waals surface area contributed by atoms with Gasteiger partial charge in [-0.1, -0.05) is 5.57 Å². The SMILES string of the molecule is C=C(C)C[C@H](C)N(C)C. The van der Waals surface area contributed by atoms with E-state index in [-0.39, 0.29) is 0 Å². The fourth-order valence-electron chi connectivity index (χ4n) is 0.687. The van der Waals surface area contributed by atoms with Crippen molar-refractivity contribution in [1.29, 1.82) is 0 Å². The van der Waals surface area contributed by atoms with Crippen LogP contribution in [0.2, 0.25) is 0 Å². The Hall–Kier alpha value is -0.300. The van der Waals surface area contributed by atoms with Crippen molar-refractivity contribution in [2.75, 3.05) is 14.1 Å². The molecule has 0 N–H and O–H groups in total. The zero-order valence-corrected chi connectivity index (χ0v) is 6.94. The lowest BCUT2D eigenvalue weighted by molar-refractivity contribution is 0.312. The Morgan fingerprint density at radius 1 is 1.56 bits per heavy atom. The van der Waals surface area contributed by atoms with Crippen LogP contribution >= 0.6 is 0 Å². The number of hydrogen-bond donors (Lipinski definition) is 0. The predicted octanol–water partition coefficient (Wildman–Crippen LogP) is 1.90. The third-order valence-electron chi connectivity index (χ3n) is 1.53. The van der Waals surface area contributed by atoms with Crippen LogP contribution in [0.4, 0.5) is 0 Å². The van der Waals surface area contributed by atoms with E-state index < -0.39 is 0 Å². The van der Waals surface area contributed by atoms with Crippen LogP contribution < -0.4 is 0 Å². The second-order valence-corrected chi connectivity index (χ2v) is 2.97. The first-order chi connectivity index (χ1) is 4.04. The molecule has 0 saturated carbocycles. The van der Waals surface area contributed by atoms with Crippen molar-refractivity contribution in [1.82, 2.24) is 4.90 Å². The molecular formula is C8H17N. The van der Waals surface area contributed by atoms with Crippen molar-refractivity contribution in [2.45, 2.75) is 26.3 Å². The van der Waals surface area contributed by atoms with Crippen LogP contribution in [0.5, 0.6) is 0 Å². The first kappa shape index (κ1) is 8.70. The summed E-state index contributed by atoms with van der Waals surface area (Å²) in [5.74, 6) is 0. The molecule has 0 aliphatic rings.